The summed E-state index contributed by atoms with van der Waals surface area (Å²) in [6, 6.07) is 0. The van der Waals surface area contributed by atoms with Gasteiger partial charge in [-0.2, -0.15) is 0 Å². The van der Waals surface area contributed by atoms with E-state index in [0.29, 0.717) is 5.41 Å². The molecule has 1 saturated carbocycles. The van der Waals surface area contributed by atoms with Crippen molar-refractivity contribution in [3.63, 3.8) is 0 Å². The Morgan fingerprint density at radius 2 is 2.45 bits per heavy atom. The maximum absolute atomic E-state index is 5.84. The molecule has 0 unspecified atom stereocenters. The van der Waals surface area contributed by atoms with Crippen LogP contribution in [0, 0.1) is 5.41 Å². The zero-order chi connectivity index (χ0) is 7.73. The van der Waals surface area contributed by atoms with Crippen LogP contribution >= 0.6 is 23.1 Å². The van der Waals surface area contributed by atoms with E-state index in [9.17, 15) is 0 Å². The number of alkyl halides is 1. The largest absolute Gasteiger partial charge is 0.146 e. The van der Waals surface area contributed by atoms with Crippen LogP contribution < -0.4 is 0 Å². The Bertz CT molecular complexity index is 231. The topological polar surface area (TPSA) is 25.8 Å². The molecule has 0 N–H and O–H groups in total. The normalized spacial score (nSPS) is 20.1. The number of hydrogen-bond donors (Lipinski definition) is 0. The molecule has 0 aromatic carbocycles. The van der Waals surface area contributed by atoms with E-state index in [2.05, 4.69) is 9.59 Å². The first kappa shape index (κ1) is 7.50. The Balaban J connectivity index is 2.01. The zero-order valence-corrected chi connectivity index (χ0v) is 7.66. The van der Waals surface area contributed by atoms with E-state index < -0.39 is 0 Å². The summed E-state index contributed by atoms with van der Waals surface area (Å²) in [5.41, 5.74) is 0.412. The molecule has 11 heavy (non-hydrogen) atoms. The molecule has 1 aliphatic rings. The predicted octanol–water partition coefficient (Wildman–Crippen LogP) is 2.10. The lowest BCUT2D eigenvalue weighted by Crippen LogP contribution is -2.04. The standard InChI is InChI=1S/C7H9ClN2S/c8-5-7(1-2-7)3-6-4-9-10-11-6/h4H,1-3,5H2. The van der Waals surface area contributed by atoms with Gasteiger partial charge in [-0.3, -0.25) is 0 Å². The average molecular weight is 189 g/mol. The molecule has 0 spiro atoms. The summed E-state index contributed by atoms with van der Waals surface area (Å²) < 4.78 is 3.82. The van der Waals surface area contributed by atoms with Gasteiger partial charge in [-0.15, -0.1) is 16.7 Å². The monoisotopic (exact) mass is 188 g/mol. The highest BCUT2D eigenvalue weighted by Gasteiger charge is 2.41. The Hall–Kier alpha value is -0.150. The van der Waals surface area contributed by atoms with E-state index in [1.54, 1.807) is 0 Å². The number of halogens is 1. The first-order valence-corrected chi connectivity index (χ1v) is 4.98. The Kier molecular flexibility index (Phi) is 1.85. The van der Waals surface area contributed by atoms with Crippen LogP contribution in [0.15, 0.2) is 6.20 Å². The van der Waals surface area contributed by atoms with Gasteiger partial charge < -0.3 is 0 Å². The lowest BCUT2D eigenvalue weighted by Gasteiger charge is -2.06. The number of hydrogen-bond acceptors (Lipinski definition) is 3. The van der Waals surface area contributed by atoms with E-state index >= 15 is 0 Å². The van der Waals surface area contributed by atoms with Gasteiger partial charge in [0.1, 0.15) is 0 Å². The van der Waals surface area contributed by atoms with Crippen LogP contribution in [0.25, 0.3) is 0 Å². The lowest BCUT2D eigenvalue weighted by molar-refractivity contribution is 0.583. The van der Waals surface area contributed by atoms with E-state index in [1.165, 1.54) is 29.3 Å². The number of nitrogens with zero attached hydrogens (tertiary/aromatic N) is 2. The molecule has 0 radical (unpaired) electrons. The molecule has 60 valence electrons. The van der Waals surface area contributed by atoms with Crippen LogP contribution in [-0.2, 0) is 6.42 Å². The highest BCUT2D eigenvalue weighted by atomic mass is 35.5. The third-order valence-corrected chi connectivity index (χ3v) is 3.42. The van der Waals surface area contributed by atoms with E-state index in [4.69, 9.17) is 11.6 Å². The van der Waals surface area contributed by atoms with Crippen LogP contribution in [0.1, 0.15) is 17.7 Å². The average Bonchev–Trinajstić information content (AvgIpc) is 2.59. The molecular weight excluding hydrogens is 180 g/mol. The van der Waals surface area contributed by atoms with Gasteiger partial charge in [0.25, 0.3) is 0 Å². The molecule has 4 heteroatoms. The third-order valence-electron chi connectivity index (χ3n) is 2.20. The molecule has 1 fully saturated rings. The second kappa shape index (κ2) is 2.72. The molecule has 0 aliphatic heterocycles. The van der Waals surface area contributed by atoms with Crippen molar-refractivity contribution >= 4 is 23.1 Å². The molecule has 0 amide bonds. The summed E-state index contributed by atoms with van der Waals surface area (Å²) in [5.74, 6) is 0.783. The van der Waals surface area contributed by atoms with Crippen molar-refractivity contribution in [3.05, 3.63) is 11.1 Å². The van der Waals surface area contributed by atoms with E-state index in [1.807, 2.05) is 6.20 Å². The Morgan fingerprint density at radius 1 is 1.64 bits per heavy atom. The van der Waals surface area contributed by atoms with Gasteiger partial charge in [-0.05, 0) is 36.2 Å². The summed E-state index contributed by atoms with van der Waals surface area (Å²) in [6.45, 7) is 0. The predicted molar refractivity (Wildman–Crippen MR) is 46.0 cm³/mol. The summed E-state index contributed by atoms with van der Waals surface area (Å²) >= 11 is 7.32. The Morgan fingerprint density at radius 3 is 2.91 bits per heavy atom. The second-order valence-corrected chi connectivity index (χ2v) is 4.33. The minimum atomic E-state index is 0.412. The fraction of sp³-hybridized carbons (Fsp3) is 0.714. The molecule has 1 aromatic rings. The maximum Gasteiger partial charge on any atom is 0.0653 e. The number of rotatable bonds is 3. The van der Waals surface area contributed by atoms with Crippen molar-refractivity contribution in [2.45, 2.75) is 19.3 Å². The fourth-order valence-corrected chi connectivity index (χ4v) is 2.20. The van der Waals surface area contributed by atoms with Gasteiger partial charge in [0.15, 0.2) is 0 Å². The van der Waals surface area contributed by atoms with Crippen LogP contribution in [-0.4, -0.2) is 15.5 Å². The van der Waals surface area contributed by atoms with E-state index in [-0.39, 0.29) is 0 Å². The minimum absolute atomic E-state index is 0.412. The molecule has 2 nitrogen and oxygen atoms in total. The first-order chi connectivity index (χ1) is 5.35. The highest BCUT2D eigenvalue weighted by Crippen LogP contribution is 2.49. The van der Waals surface area contributed by atoms with Crippen LogP contribution in [0.5, 0.6) is 0 Å². The zero-order valence-electron chi connectivity index (χ0n) is 6.09. The van der Waals surface area contributed by atoms with Crippen LogP contribution in [0.2, 0.25) is 0 Å². The molecule has 1 aliphatic carbocycles. The van der Waals surface area contributed by atoms with Gasteiger partial charge >= 0.3 is 0 Å². The molecule has 1 heterocycles. The molecule has 0 atom stereocenters. The van der Waals surface area contributed by atoms with Crippen molar-refractivity contribution < 1.29 is 0 Å². The van der Waals surface area contributed by atoms with Crippen LogP contribution in [0.4, 0.5) is 0 Å². The van der Waals surface area contributed by atoms with Gasteiger partial charge in [0.2, 0.25) is 0 Å². The van der Waals surface area contributed by atoms with E-state index in [0.717, 1.165) is 12.3 Å². The van der Waals surface area contributed by atoms with Crippen LogP contribution in [0.3, 0.4) is 0 Å². The highest BCUT2D eigenvalue weighted by molar-refractivity contribution is 7.05. The second-order valence-electron chi connectivity index (χ2n) is 3.19. The molecule has 2 rings (SSSR count). The molecule has 0 bridgehead atoms. The summed E-state index contributed by atoms with van der Waals surface area (Å²) in [5, 5.41) is 3.79. The van der Waals surface area contributed by atoms with Crippen molar-refractivity contribution in [2.75, 3.05) is 5.88 Å². The van der Waals surface area contributed by atoms with Crippen molar-refractivity contribution in [2.24, 2.45) is 5.41 Å². The van der Waals surface area contributed by atoms with Gasteiger partial charge in [-0.1, -0.05) is 4.49 Å². The third kappa shape index (κ3) is 1.54. The van der Waals surface area contributed by atoms with Crippen molar-refractivity contribution in [1.29, 1.82) is 0 Å². The van der Waals surface area contributed by atoms with Crippen molar-refractivity contribution in [3.8, 4) is 0 Å². The molecular formula is C7H9ClN2S. The fourth-order valence-electron chi connectivity index (χ4n) is 1.17. The lowest BCUT2D eigenvalue weighted by atomic mass is 10.1. The summed E-state index contributed by atoms with van der Waals surface area (Å²) in [6.07, 6.45) is 5.47. The number of aromatic nitrogens is 2. The molecule has 1 aromatic heterocycles. The minimum Gasteiger partial charge on any atom is -0.146 e. The Labute approximate surface area is 74.7 Å². The van der Waals surface area contributed by atoms with Crippen molar-refractivity contribution in [1.82, 2.24) is 9.59 Å². The van der Waals surface area contributed by atoms with Gasteiger partial charge in [0.05, 0.1) is 6.20 Å². The maximum atomic E-state index is 5.84. The SMILES string of the molecule is ClCC1(Cc2cnns2)CC1. The first-order valence-electron chi connectivity index (χ1n) is 3.67. The smallest absolute Gasteiger partial charge is 0.0653 e. The summed E-state index contributed by atoms with van der Waals surface area (Å²) in [7, 11) is 0. The van der Waals surface area contributed by atoms with Gasteiger partial charge in [0, 0.05) is 10.8 Å². The quantitative estimate of drug-likeness (QED) is 0.679. The van der Waals surface area contributed by atoms with Gasteiger partial charge in [-0.25, -0.2) is 0 Å². The molecule has 0 saturated heterocycles. The summed E-state index contributed by atoms with van der Waals surface area (Å²) in [4.78, 5) is 1.27.